The summed E-state index contributed by atoms with van der Waals surface area (Å²) in [5, 5.41) is 3.18. The van der Waals surface area contributed by atoms with Crippen LogP contribution in [0.25, 0.3) is 0 Å². The Morgan fingerprint density at radius 2 is 1.96 bits per heavy atom. The second-order valence-electron chi connectivity index (χ2n) is 8.67. The molecule has 2 fully saturated rings. The number of furan rings is 1. The fourth-order valence-electron chi connectivity index (χ4n) is 5.18. The Labute approximate surface area is 160 Å². The summed E-state index contributed by atoms with van der Waals surface area (Å²) < 4.78 is 5.52. The Bertz CT molecular complexity index is 802. The van der Waals surface area contributed by atoms with Crippen molar-refractivity contribution in [2.45, 2.75) is 62.4 Å². The second kappa shape index (κ2) is 6.83. The third-order valence-electron chi connectivity index (χ3n) is 6.76. The zero-order valence-electron chi connectivity index (χ0n) is 15.8. The lowest BCUT2D eigenvalue weighted by Gasteiger charge is -2.40. The number of benzene rings is 1. The van der Waals surface area contributed by atoms with Crippen LogP contribution in [0, 0.1) is 0 Å². The van der Waals surface area contributed by atoms with E-state index in [9.17, 15) is 4.79 Å². The van der Waals surface area contributed by atoms with Crippen molar-refractivity contribution in [2.75, 3.05) is 13.1 Å². The number of rotatable bonds is 5. The van der Waals surface area contributed by atoms with Gasteiger partial charge in [-0.25, -0.2) is 0 Å². The average Bonchev–Trinajstić information content (AvgIpc) is 3.24. The summed E-state index contributed by atoms with van der Waals surface area (Å²) in [6.07, 6.45) is 8.18. The van der Waals surface area contributed by atoms with Crippen molar-refractivity contribution in [3.63, 3.8) is 0 Å². The van der Waals surface area contributed by atoms with E-state index < -0.39 is 0 Å². The largest absolute Gasteiger partial charge is 0.468 e. The normalized spacial score (nSPS) is 24.1. The third kappa shape index (κ3) is 3.43. The molecule has 2 heterocycles. The van der Waals surface area contributed by atoms with Gasteiger partial charge in [-0.3, -0.25) is 9.69 Å². The molecule has 0 unspecified atom stereocenters. The molecule has 1 aliphatic heterocycles. The number of hydrogen-bond donors (Lipinski definition) is 1. The van der Waals surface area contributed by atoms with Gasteiger partial charge in [-0.1, -0.05) is 24.3 Å². The van der Waals surface area contributed by atoms with Crippen LogP contribution < -0.4 is 5.32 Å². The van der Waals surface area contributed by atoms with Gasteiger partial charge < -0.3 is 9.73 Å². The molecule has 2 aromatic rings. The van der Waals surface area contributed by atoms with Gasteiger partial charge in [0, 0.05) is 12.5 Å². The first kappa shape index (κ1) is 17.1. The predicted octanol–water partition coefficient (Wildman–Crippen LogP) is 3.97. The Hall–Kier alpha value is -2.07. The van der Waals surface area contributed by atoms with Crippen LogP contribution in [0.1, 0.15) is 61.3 Å². The summed E-state index contributed by atoms with van der Waals surface area (Å²) in [6, 6.07) is 13.4. The second-order valence-corrected chi connectivity index (χ2v) is 8.67. The van der Waals surface area contributed by atoms with Crippen LogP contribution in [0.3, 0.4) is 0 Å². The molecule has 0 radical (unpaired) electrons. The lowest BCUT2D eigenvalue weighted by atomic mass is 9.73. The van der Waals surface area contributed by atoms with Gasteiger partial charge in [-0.2, -0.15) is 0 Å². The highest BCUT2D eigenvalue weighted by molar-refractivity contribution is 5.78. The molecule has 4 nitrogen and oxygen atoms in total. The minimum atomic E-state index is 0.240. The van der Waals surface area contributed by atoms with Crippen LogP contribution in [0.2, 0.25) is 0 Å². The number of nitrogens with one attached hydrogen (secondary N) is 1. The van der Waals surface area contributed by atoms with E-state index in [0.29, 0.717) is 18.4 Å². The van der Waals surface area contributed by atoms with Gasteiger partial charge in [0.2, 0.25) is 5.91 Å². The maximum Gasteiger partial charge on any atom is 0.220 e. The van der Waals surface area contributed by atoms with Gasteiger partial charge in [0.15, 0.2) is 0 Å². The van der Waals surface area contributed by atoms with Crippen LogP contribution in [-0.2, 0) is 16.8 Å². The number of hydrogen-bond acceptors (Lipinski definition) is 3. The highest BCUT2D eigenvalue weighted by Crippen LogP contribution is 2.52. The smallest absolute Gasteiger partial charge is 0.220 e. The van der Waals surface area contributed by atoms with Gasteiger partial charge in [-0.05, 0) is 79.8 Å². The molecule has 1 aromatic heterocycles. The van der Waals surface area contributed by atoms with Gasteiger partial charge >= 0.3 is 0 Å². The van der Waals surface area contributed by atoms with Crippen molar-refractivity contribution >= 4 is 5.91 Å². The summed E-state index contributed by atoms with van der Waals surface area (Å²) >= 11 is 0. The molecule has 142 valence electrons. The van der Waals surface area contributed by atoms with Gasteiger partial charge in [-0.15, -0.1) is 0 Å². The molecule has 1 saturated carbocycles. The molecule has 1 amide bonds. The van der Waals surface area contributed by atoms with Crippen molar-refractivity contribution < 1.29 is 9.21 Å². The maximum absolute atomic E-state index is 12.4. The summed E-state index contributed by atoms with van der Waals surface area (Å²) in [5.74, 6) is 1.66. The van der Waals surface area contributed by atoms with E-state index in [4.69, 9.17) is 4.42 Å². The van der Waals surface area contributed by atoms with Crippen LogP contribution in [-0.4, -0.2) is 29.9 Å². The number of likely N-dealkylation sites (tertiary alicyclic amines) is 1. The average molecular weight is 364 g/mol. The monoisotopic (exact) mass is 364 g/mol. The van der Waals surface area contributed by atoms with Crippen molar-refractivity contribution in [2.24, 2.45) is 0 Å². The lowest BCUT2D eigenvalue weighted by molar-refractivity contribution is -0.121. The highest BCUT2D eigenvalue weighted by atomic mass is 16.3. The molecule has 4 heteroatoms. The first-order valence-corrected chi connectivity index (χ1v) is 10.4. The molecule has 3 aliphatic rings. The van der Waals surface area contributed by atoms with Crippen molar-refractivity contribution in [3.8, 4) is 0 Å². The number of nitrogens with zero attached hydrogens (tertiary/aromatic N) is 1. The molecule has 2 aliphatic carbocycles. The fourth-order valence-corrected chi connectivity index (χ4v) is 5.18. The summed E-state index contributed by atoms with van der Waals surface area (Å²) in [5.41, 5.74) is 3.18. The standard InChI is InChI=1S/C23H28N2O2/c26-22(24-18-7-8-18)14-17-15-23(21-6-2-1-5-20(17)21)9-11-25(12-10-23)16-19-4-3-13-27-19/h1-6,13,17-18H,7-12,14-16H2,(H,24,26)/t17-/m0/s1. The quantitative estimate of drug-likeness (QED) is 0.873. The number of piperidine rings is 1. The van der Waals surface area contributed by atoms with Gasteiger partial charge in [0.25, 0.3) is 0 Å². The van der Waals surface area contributed by atoms with E-state index in [1.807, 2.05) is 6.07 Å². The summed E-state index contributed by atoms with van der Waals surface area (Å²) in [7, 11) is 0. The Morgan fingerprint density at radius 3 is 2.70 bits per heavy atom. The number of carbonyl (C=O) groups is 1. The van der Waals surface area contributed by atoms with Gasteiger partial charge in [0.1, 0.15) is 5.76 Å². The van der Waals surface area contributed by atoms with Crippen molar-refractivity contribution in [1.29, 1.82) is 0 Å². The van der Waals surface area contributed by atoms with Gasteiger partial charge in [0.05, 0.1) is 12.8 Å². The Morgan fingerprint density at radius 1 is 1.15 bits per heavy atom. The molecule has 1 saturated heterocycles. The Kier molecular flexibility index (Phi) is 4.31. The molecule has 0 bridgehead atoms. The van der Waals surface area contributed by atoms with Crippen LogP contribution in [0.5, 0.6) is 0 Å². The van der Waals surface area contributed by atoms with E-state index in [-0.39, 0.29) is 11.3 Å². The molecular formula is C23H28N2O2. The van der Waals surface area contributed by atoms with Crippen LogP contribution in [0.4, 0.5) is 0 Å². The molecule has 1 N–H and O–H groups in total. The molecular weight excluding hydrogens is 336 g/mol. The third-order valence-corrected chi connectivity index (χ3v) is 6.76. The van der Waals surface area contributed by atoms with Crippen molar-refractivity contribution in [3.05, 3.63) is 59.5 Å². The molecule has 1 aromatic carbocycles. The van der Waals surface area contributed by atoms with Crippen LogP contribution >= 0.6 is 0 Å². The van der Waals surface area contributed by atoms with E-state index in [2.05, 4.69) is 40.5 Å². The zero-order chi connectivity index (χ0) is 18.3. The minimum Gasteiger partial charge on any atom is -0.468 e. The zero-order valence-corrected chi connectivity index (χ0v) is 15.8. The number of fused-ring (bicyclic) bond motifs is 2. The fraction of sp³-hybridized carbons (Fsp3) is 0.522. The van der Waals surface area contributed by atoms with E-state index in [1.54, 1.807) is 6.26 Å². The maximum atomic E-state index is 12.4. The summed E-state index contributed by atoms with van der Waals surface area (Å²) in [6.45, 7) is 3.09. The van der Waals surface area contributed by atoms with Crippen LogP contribution in [0.15, 0.2) is 47.1 Å². The molecule has 5 rings (SSSR count). The molecule has 1 spiro atoms. The minimum absolute atomic E-state index is 0.240. The molecule has 1 atom stereocenters. The summed E-state index contributed by atoms with van der Waals surface area (Å²) in [4.78, 5) is 14.9. The van der Waals surface area contributed by atoms with E-state index in [1.165, 1.54) is 24.0 Å². The van der Waals surface area contributed by atoms with E-state index in [0.717, 1.165) is 44.7 Å². The molecule has 27 heavy (non-hydrogen) atoms. The number of carbonyl (C=O) groups excluding carboxylic acids is 1. The predicted molar refractivity (Wildman–Crippen MR) is 104 cm³/mol. The Balaban J connectivity index is 1.29. The highest BCUT2D eigenvalue weighted by Gasteiger charge is 2.45. The SMILES string of the molecule is O=C(C[C@H]1CC2(CCN(Cc3ccco3)CC2)c2ccccc21)NC1CC1. The first-order chi connectivity index (χ1) is 13.2. The lowest BCUT2D eigenvalue weighted by Crippen LogP contribution is -2.41. The van der Waals surface area contributed by atoms with Crippen molar-refractivity contribution in [1.82, 2.24) is 10.2 Å². The first-order valence-electron chi connectivity index (χ1n) is 10.4. The topological polar surface area (TPSA) is 45.5 Å². The van der Waals surface area contributed by atoms with E-state index >= 15 is 0 Å². The number of amides is 1.